The Labute approximate surface area is 294 Å². The zero-order valence-corrected chi connectivity index (χ0v) is 27.1. The van der Waals surface area contributed by atoms with E-state index in [4.69, 9.17) is 0 Å². The molecule has 7 heteroatoms. The SMILES string of the molecule is O=C(O)c1ccc(-c2cc3c4c(c2)B2c5ccccc5-c5c(-c6ccc(C(=O)O)cc6)ccc(c52)N4c2cccc4c2B3c2ccccc2-4)cc1. The summed E-state index contributed by atoms with van der Waals surface area (Å²) in [5.74, 6) is -1.88. The molecule has 0 amide bonds. The molecule has 0 radical (unpaired) electrons. The predicted octanol–water partition coefficient (Wildman–Crippen LogP) is 5.51. The van der Waals surface area contributed by atoms with Crippen LogP contribution in [0.15, 0.2) is 140 Å². The summed E-state index contributed by atoms with van der Waals surface area (Å²) in [6.07, 6.45) is 0. The Morgan fingerprint density at radius 3 is 1.67 bits per heavy atom. The molecule has 0 fully saturated rings. The standard InChI is InChI=1S/C44H25B2NO4/c48-43(49)26-16-12-24(13-17-26)28-22-35-42-36(23-28)46-34-10-4-2-7-32(34)39-29(25-14-18-27(19-15-25)44(50)51)20-21-38(41(39)46)47(42)37-11-5-8-31-30-6-1-3-9-33(30)45(35)40(31)37/h1-23H,(H,48,49)(H,50,51). The van der Waals surface area contributed by atoms with E-state index in [1.807, 2.05) is 24.3 Å². The van der Waals surface area contributed by atoms with Gasteiger partial charge in [-0.25, -0.2) is 9.59 Å². The first-order chi connectivity index (χ1) is 25.0. The number of carboxylic acids is 2. The molecule has 4 aliphatic heterocycles. The molecule has 0 aromatic heterocycles. The molecule has 7 aromatic carbocycles. The van der Waals surface area contributed by atoms with E-state index < -0.39 is 11.9 Å². The Balaban J connectivity index is 1.24. The Hall–Kier alpha value is -6.59. The lowest BCUT2D eigenvalue weighted by atomic mass is 9.32. The largest absolute Gasteiger partial charge is 0.478 e. The number of benzene rings is 7. The monoisotopic (exact) mass is 653 g/mol. The minimum atomic E-state index is -0.941. The summed E-state index contributed by atoms with van der Waals surface area (Å²) in [5.41, 5.74) is 20.6. The van der Waals surface area contributed by atoms with E-state index >= 15 is 0 Å². The molecule has 0 saturated heterocycles. The third-order valence-corrected chi connectivity index (χ3v) is 11.4. The van der Waals surface area contributed by atoms with E-state index in [1.54, 1.807) is 24.3 Å². The molecule has 5 nitrogen and oxygen atoms in total. The van der Waals surface area contributed by atoms with Gasteiger partial charge >= 0.3 is 11.9 Å². The summed E-state index contributed by atoms with van der Waals surface area (Å²) in [6.45, 7) is 0.0226. The fourth-order valence-corrected chi connectivity index (χ4v) is 9.35. The first-order valence-electron chi connectivity index (χ1n) is 17.1. The summed E-state index contributed by atoms with van der Waals surface area (Å²) >= 11 is 0. The van der Waals surface area contributed by atoms with E-state index in [0.29, 0.717) is 0 Å². The van der Waals surface area contributed by atoms with Crippen molar-refractivity contribution in [2.45, 2.75) is 0 Å². The summed E-state index contributed by atoms with van der Waals surface area (Å²) < 4.78 is 0. The van der Waals surface area contributed by atoms with Crippen LogP contribution in [-0.4, -0.2) is 35.6 Å². The molecule has 0 aliphatic carbocycles. The van der Waals surface area contributed by atoms with Crippen molar-refractivity contribution in [3.8, 4) is 44.5 Å². The number of hydrogen-bond donors (Lipinski definition) is 2. The van der Waals surface area contributed by atoms with Crippen LogP contribution in [0.4, 0.5) is 17.1 Å². The number of aromatic carboxylic acids is 2. The van der Waals surface area contributed by atoms with E-state index in [1.165, 1.54) is 66.4 Å². The number of hydrogen-bond acceptors (Lipinski definition) is 3. The van der Waals surface area contributed by atoms with E-state index in [2.05, 4.69) is 95.9 Å². The average Bonchev–Trinajstić information content (AvgIpc) is 3.70. The van der Waals surface area contributed by atoms with Crippen LogP contribution in [0.1, 0.15) is 20.7 Å². The fraction of sp³-hybridized carbons (Fsp3) is 0. The Morgan fingerprint density at radius 2 is 1.00 bits per heavy atom. The normalized spacial score (nSPS) is 13.3. The molecule has 236 valence electrons. The van der Waals surface area contributed by atoms with Gasteiger partial charge in [0, 0.05) is 17.1 Å². The minimum Gasteiger partial charge on any atom is -0.478 e. The molecule has 7 aromatic rings. The van der Waals surface area contributed by atoms with Crippen molar-refractivity contribution in [3.63, 3.8) is 0 Å². The topological polar surface area (TPSA) is 77.8 Å². The van der Waals surface area contributed by atoms with Gasteiger partial charge in [0.25, 0.3) is 0 Å². The molecular formula is C44H25B2NO4. The number of anilines is 3. The van der Waals surface area contributed by atoms with Crippen LogP contribution in [0.25, 0.3) is 44.5 Å². The third-order valence-electron chi connectivity index (χ3n) is 11.4. The van der Waals surface area contributed by atoms with Crippen molar-refractivity contribution in [1.29, 1.82) is 0 Å². The van der Waals surface area contributed by atoms with Gasteiger partial charge in [0.05, 0.1) is 11.1 Å². The molecule has 0 atom stereocenters. The van der Waals surface area contributed by atoms with E-state index in [-0.39, 0.29) is 24.6 Å². The average molecular weight is 653 g/mol. The molecule has 0 saturated carbocycles. The predicted molar refractivity (Wildman–Crippen MR) is 206 cm³/mol. The molecule has 0 bridgehead atoms. The molecule has 4 heterocycles. The molecular weight excluding hydrogens is 628 g/mol. The lowest BCUT2D eigenvalue weighted by Crippen LogP contribution is -2.63. The maximum Gasteiger partial charge on any atom is 0.335 e. The first-order valence-corrected chi connectivity index (χ1v) is 17.1. The number of nitrogens with zero attached hydrogens (tertiary/aromatic N) is 1. The highest BCUT2D eigenvalue weighted by molar-refractivity contribution is 7.05. The van der Waals surface area contributed by atoms with Crippen LogP contribution in [0.5, 0.6) is 0 Å². The maximum atomic E-state index is 11.8. The second-order valence-corrected chi connectivity index (χ2v) is 13.8. The van der Waals surface area contributed by atoms with Crippen molar-refractivity contribution < 1.29 is 19.8 Å². The summed E-state index contributed by atoms with van der Waals surface area (Å²) in [6, 6.07) is 47.6. The molecule has 0 unspecified atom stereocenters. The summed E-state index contributed by atoms with van der Waals surface area (Å²) in [7, 11) is 0. The number of fused-ring (bicyclic) bond motifs is 10. The zero-order chi connectivity index (χ0) is 34.1. The summed E-state index contributed by atoms with van der Waals surface area (Å²) in [5, 5.41) is 19.3. The third kappa shape index (κ3) is 3.67. The van der Waals surface area contributed by atoms with Crippen molar-refractivity contribution in [2.75, 3.05) is 4.90 Å². The van der Waals surface area contributed by atoms with Crippen LogP contribution in [0.3, 0.4) is 0 Å². The van der Waals surface area contributed by atoms with Gasteiger partial charge in [0.1, 0.15) is 0 Å². The molecule has 2 N–H and O–H groups in total. The molecule has 0 spiro atoms. The molecule has 11 rings (SSSR count). The van der Waals surface area contributed by atoms with Gasteiger partial charge in [-0.2, -0.15) is 0 Å². The van der Waals surface area contributed by atoms with Crippen LogP contribution in [-0.2, 0) is 0 Å². The van der Waals surface area contributed by atoms with Crippen molar-refractivity contribution in [1.82, 2.24) is 0 Å². The first kappa shape index (κ1) is 28.3. The van der Waals surface area contributed by atoms with Crippen LogP contribution < -0.4 is 37.7 Å². The molecule has 51 heavy (non-hydrogen) atoms. The van der Waals surface area contributed by atoms with Gasteiger partial charge in [0.15, 0.2) is 0 Å². The van der Waals surface area contributed by atoms with Gasteiger partial charge in [-0.3, -0.25) is 0 Å². The Morgan fingerprint density at radius 1 is 0.451 bits per heavy atom. The Kier molecular flexibility index (Phi) is 5.54. The second kappa shape index (κ2) is 9.99. The number of rotatable bonds is 4. The highest BCUT2D eigenvalue weighted by Gasteiger charge is 2.50. The lowest BCUT2D eigenvalue weighted by molar-refractivity contribution is 0.0686. The van der Waals surface area contributed by atoms with Crippen LogP contribution in [0.2, 0.25) is 0 Å². The summed E-state index contributed by atoms with van der Waals surface area (Å²) in [4.78, 5) is 26.0. The lowest BCUT2D eigenvalue weighted by Gasteiger charge is -2.43. The van der Waals surface area contributed by atoms with Crippen molar-refractivity contribution in [2.24, 2.45) is 0 Å². The zero-order valence-electron chi connectivity index (χ0n) is 27.1. The minimum absolute atomic E-state index is 0.0333. The van der Waals surface area contributed by atoms with Crippen LogP contribution >= 0.6 is 0 Å². The van der Waals surface area contributed by atoms with Crippen molar-refractivity contribution in [3.05, 3.63) is 151 Å². The number of carbonyl (C=O) groups is 2. The highest BCUT2D eigenvalue weighted by atomic mass is 16.4. The van der Waals surface area contributed by atoms with E-state index in [0.717, 1.165) is 27.9 Å². The Bertz CT molecular complexity index is 2720. The highest BCUT2D eigenvalue weighted by Crippen LogP contribution is 2.46. The van der Waals surface area contributed by atoms with Gasteiger partial charge in [-0.15, -0.1) is 0 Å². The van der Waals surface area contributed by atoms with Crippen LogP contribution in [0, 0.1) is 0 Å². The smallest absolute Gasteiger partial charge is 0.335 e. The van der Waals surface area contributed by atoms with Crippen molar-refractivity contribution >= 4 is 75.2 Å². The second-order valence-electron chi connectivity index (χ2n) is 13.8. The van der Waals surface area contributed by atoms with Gasteiger partial charge in [-0.05, 0) is 103 Å². The molecule has 4 aliphatic rings. The fourth-order valence-electron chi connectivity index (χ4n) is 9.35. The quantitative estimate of drug-likeness (QED) is 0.245. The van der Waals surface area contributed by atoms with Gasteiger partial charge < -0.3 is 15.1 Å². The van der Waals surface area contributed by atoms with E-state index in [9.17, 15) is 19.8 Å². The number of carboxylic acid groups (broad SMARTS) is 2. The van der Waals surface area contributed by atoms with Gasteiger partial charge in [-0.1, -0.05) is 114 Å². The van der Waals surface area contributed by atoms with Gasteiger partial charge in [0.2, 0.25) is 13.4 Å². The maximum absolute atomic E-state index is 11.8.